The van der Waals surface area contributed by atoms with Gasteiger partial charge in [0.25, 0.3) is 0 Å². The smallest absolute Gasteiger partial charge is 0.305 e. The van der Waals surface area contributed by atoms with Crippen LogP contribution in [0.5, 0.6) is 5.75 Å². The van der Waals surface area contributed by atoms with Crippen LogP contribution in [0.3, 0.4) is 0 Å². The van der Waals surface area contributed by atoms with Crippen LogP contribution in [-0.2, 0) is 6.61 Å². The average Bonchev–Trinajstić information content (AvgIpc) is 2.38. The lowest BCUT2D eigenvalue weighted by Gasteiger charge is -2.10. The molecule has 0 heterocycles. The molecule has 0 bridgehead atoms. The molecule has 0 aromatic heterocycles. The fourth-order valence-corrected chi connectivity index (χ4v) is 2.16. The van der Waals surface area contributed by atoms with Gasteiger partial charge in [-0.1, -0.05) is 12.1 Å². The fraction of sp³-hybridized carbons (Fsp3) is 0.0769. The molecule has 21 heavy (non-hydrogen) atoms. The molecule has 0 N–H and O–H groups in total. The van der Waals surface area contributed by atoms with E-state index in [0.29, 0.717) is 6.07 Å². The second kappa shape index (κ2) is 6.13. The van der Waals surface area contributed by atoms with E-state index in [1.54, 1.807) is 0 Å². The van der Waals surface area contributed by atoms with Crippen LogP contribution >= 0.6 is 15.9 Å². The van der Waals surface area contributed by atoms with Gasteiger partial charge in [-0.15, -0.1) is 0 Å². The first-order chi connectivity index (χ1) is 9.90. The van der Waals surface area contributed by atoms with Crippen LogP contribution < -0.4 is 4.74 Å². The van der Waals surface area contributed by atoms with E-state index in [1.807, 2.05) is 0 Å². The number of ether oxygens (including phenoxy) is 1. The third-order valence-corrected chi connectivity index (χ3v) is 3.18. The average molecular weight is 362 g/mol. The summed E-state index contributed by atoms with van der Waals surface area (Å²) in [5.74, 6) is -3.12. The van der Waals surface area contributed by atoms with Crippen molar-refractivity contribution in [2.45, 2.75) is 6.61 Å². The first-order valence-corrected chi connectivity index (χ1v) is 6.38. The summed E-state index contributed by atoms with van der Waals surface area (Å²) in [7, 11) is 0. The largest absolute Gasteiger partial charge is 0.485 e. The van der Waals surface area contributed by atoms with Gasteiger partial charge >= 0.3 is 5.69 Å². The van der Waals surface area contributed by atoms with Crippen molar-refractivity contribution in [1.29, 1.82) is 0 Å². The second-order valence-corrected chi connectivity index (χ2v) is 4.85. The lowest BCUT2D eigenvalue weighted by molar-refractivity contribution is -0.387. The van der Waals surface area contributed by atoms with Crippen molar-refractivity contribution in [3.63, 3.8) is 0 Å². The quantitative estimate of drug-likeness (QED) is 0.600. The normalized spacial score (nSPS) is 10.5. The van der Waals surface area contributed by atoms with Crippen LogP contribution in [-0.4, -0.2) is 4.92 Å². The van der Waals surface area contributed by atoms with Crippen molar-refractivity contribution in [2.75, 3.05) is 0 Å². The van der Waals surface area contributed by atoms with Crippen molar-refractivity contribution in [2.24, 2.45) is 0 Å². The number of benzene rings is 2. The van der Waals surface area contributed by atoms with E-state index in [2.05, 4.69) is 15.9 Å². The van der Waals surface area contributed by atoms with E-state index in [9.17, 15) is 23.3 Å². The summed E-state index contributed by atoms with van der Waals surface area (Å²) in [6.07, 6.45) is 0. The van der Waals surface area contributed by atoms with Gasteiger partial charge in [0.15, 0.2) is 11.6 Å². The van der Waals surface area contributed by atoms with Crippen molar-refractivity contribution >= 4 is 21.6 Å². The molecule has 0 fully saturated rings. The molecule has 0 radical (unpaired) electrons. The lowest BCUT2D eigenvalue weighted by atomic mass is 10.2. The van der Waals surface area contributed by atoms with Crippen molar-refractivity contribution in [3.05, 3.63) is 67.9 Å². The highest BCUT2D eigenvalue weighted by Gasteiger charge is 2.18. The van der Waals surface area contributed by atoms with Gasteiger partial charge in [-0.25, -0.2) is 8.78 Å². The van der Waals surface area contributed by atoms with Gasteiger partial charge in [0.2, 0.25) is 5.82 Å². The molecule has 2 rings (SSSR count). The molecule has 0 saturated heterocycles. The lowest BCUT2D eigenvalue weighted by Crippen LogP contribution is -2.03. The van der Waals surface area contributed by atoms with Gasteiger partial charge in [-0.3, -0.25) is 10.1 Å². The SMILES string of the molecule is O=[N+]([O-])c1cccc(COc2c(F)cc(F)cc2Br)c1F. The highest BCUT2D eigenvalue weighted by Crippen LogP contribution is 2.30. The zero-order chi connectivity index (χ0) is 15.6. The Bertz CT molecular complexity index is 686. The van der Waals surface area contributed by atoms with Crippen LogP contribution in [0.2, 0.25) is 0 Å². The third-order valence-electron chi connectivity index (χ3n) is 2.59. The molecule has 2 aromatic rings. The molecule has 110 valence electrons. The first kappa shape index (κ1) is 15.3. The molecule has 2 aromatic carbocycles. The third kappa shape index (κ3) is 3.33. The highest BCUT2D eigenvalue weighted by molar-refractivity contribution is 9.10. The Morgan fingerprint density at radius 2 is 1.95 bits per heavy atom. The maximum atomic E-state index is 13.8. The summed E-state index contributed by atoms with van der Waals surface area (Å²) in [6, 6.07) is 5.17. The van der Waals surface area contributed by atoms with Crippen LogP contribution in [0, 0.1) is 27.6 Å². The standard InChI is InChI=1S/C13H7BrF3NO3/c14-9-4-8(15)5-10(16)13(9)21-6-7-2-1-3-11(12(7)17)18(19)20/h1-5H,6H2. The Kier molecular flexibility index (Phi) is 4.46. The molecule has 0 aliphatic rings. The molecule has 0 atom stereocenters. The number of halogens is 4. The first-order valence-electron chi connectivity index (χ1n) is 5.59. The molecule has 8 heteroatoms. The molecular weight excluding hydrogens is 355 g/mol. The Morgan fingerprint density at radius 1 is 1.24 bits per heavy atom. The van der Waals surface area contributed by atoms with Gasteiger partial charge in [-0.05, 0) is 22.0 Å². The minimum absolute atomic E-state index is 0.0193. The number of rotatable bonds is 4. The number of nitro benzene ring substituents is 1. The summed E-state index contributed by atoms with van der Waals surface area (Å²) < 4.78 is 45.3. The minimum atomic E-state index is -1.05. The summed E-state index contributed by atoms with van der Waals surface area (Å²) in [6.45, 7) is -0.436. The molecule has 0 unspecified atom stereocenters. The number of nitro groups is 1. The molecule has 0 aliphatic heterocycles. The molecule has 0 saturated carbocycles. The topological polar surface area (TPSA) is 52.4 Å². The zero-order valence-corrected chi connectivity index (χ0v) is 11.9. The van der Waals surface area contributed by atoms with Crippen molar-refractivity contribution < 1.29 is 22.8 Å². The van der Waals surface area contributed by atoms with E-state index >= 15 is 0 Å². The molecular formula is C13H7BrF3NO3. The number of hydrogen-bond donors (Lipinski definition) is 0. The van der Waals surface area contributed by atoms with Gasteiger partial charge in [0, 0.05) is 17.7 Å². The summed E-state index contributed by atoms with van der Waals surface area (Å²) in [4.78, 5) is 9.74. The highest BCUT2D eigenvalue weighted by atomic mass is 79.9. The molecule has 0 spiro atoms. The van der Waals surface area contributed by atoms with Crippen molar-refractivity contribution in [1.82, 2.24) is 0 Å². The van der Waals surface area contributed by atoms with Crippen LogP contribution in [0.4, 0.5) is 18.9 Å². The molecule has 0 amide bonds. The van der Waals surface area contributed by atoms with Gasteiger partial charge in [0.1, 0.15) is 12.4 Å². The Balaban J connectivity index is 2.25. The Labute approximate surface area is 125 Å². The van der Waals surface area contributed by atoms with Gasteiger partial charge in [-0.2, -0.15) is 4.39 Å². The summed E-state index contributed by atoms with van der Waals surface area (Å²) in [5.41, 5.74) is -0.811. The van der Waals surface area contributed by atoms with E-state index in [0.717, 1.165) is 12.1 Å². The maximum Gasteiger partial charge on any atom is 0.305 e. The molecule has 0 aliphatic carbocycles. The van der Waals surface area contributed by atoms with Gasteiger partial charge < -0.3 is 4.74 Å². The summed E-state index contributed by atoms with van der Waals surface area (Å²) >= 11 is 2.92. The minimum Gasteiger partial charge on any atom is -0.485 e. The zero-order valence-electron chi connectivity index (χ0n) is 10.3. The van der Waals surface area contributed by atoms with Gasteiger partial charge in [0.05, 0.1) is 9.40 Å². The fourth-order valence-electron chi connectivity index (χ4n) is 1.64. The van der Waals surface area contributed by atoms with E-state index in [-0.39, 0.29) is 15.8 Å². The van der Waals surface area contributed by atoms with E-state index < -0.39 is 34.7 Å². The van der Waals surface area contributed by atoms with Crippen molar-refractivity contribution in [3.8, 4) is 5.75 Å². The predicted molar refractivity (Wildman–Crippen MR) is 71.4 cm³/mol. The van der Waals surface area contributed by atoms with E-state index in [1.165, 1.54) is 12.1 Å². The monoisotopic (exact) mass is 361 g/mol. The predicted octanol–water partition coefficient (Wildman–Crippen LogP) is 4.35. The Hall–Kier alpha value is -2.09. The van der Waals surface area contributed by atoms with Crippen LogP contribution in [0.25, 0.3) is 0 Å². The van der Waals surface area contributed by atoms with Crippen LogP contribution in [0.15, 0.2) is 34.8 Å². The van der Waals surface area contributed by atoms with E-state index in [4.69, 9.17) is 4.74 Å². The van der Waals surface area contributed by atoms with Crippen LogP contribution in [0.1, 0.15) is 5.56 Å². The maximum absolute atomic E-state index is 13.8. The number of nitrogens with zero attached hydrogens (tertiary/aromatic N) is 1. The summed E-state index contributed by atoms with van der Waals surface area (Å²) in [5, 5.41) is 10.6. The number of hydrogen-bond acceptors (Lipinski definition) is 3. The second-order valence-electron chi connectivity index (χ2n) is 3.99. The Morgan fingerprint density at radius 3 is 2.57 bits per heavy atom. The molecule has 4 nitrogen and oxygen atoms in total.